The fraction of sp³-hybridized carbons (Fsp3) is 0.462. The van der Waals surface area contributed by atoms with Gasteiger partial charge in [0, 0.05) is 6.04 Å². The molecule has 20 heavy (non-hydrogen) atoms. The van der Waals surface area contributed by atoms with Crippen LogP contribution in [0.1, 0.15) is 25.0 Å². The van der Waals surface area contributed by atoms with Gasteiger partial charge in [0.25, 0.3) is 0 Å². The first-order valence-corrected chi connectivity index (χ1v) is 7.68. The molecule has 1 amide bonds. The number of sulfonamides is 1. The summed E-state index contributed by atoms with van der Waals surface area (Å²) in [7, 11) is -3.86. The molecule has 0 bridgehead atoms. The molecule has 6 nitrogen and oxygen atoms in total. The van der Waals surface area contributed by atoms with Crippen molar-refractivity contribution in [3.8, 4) is 0 Å². The number of nitrogens with zero attached hydrogens (tertiary/aromatic N) is 1. The van der Waals surface area contributed by atoms with Gasteiger partial charge < -0.3 is 11.5 Å². The smallest absolute Gasteiger partial charge is 0.245 e. The molecule has 0 unspecified atom stereocenters. The highest BCUT2D eigenvalue weighted by Crippen LogP contribution is 2.26. The Morgan fingerprint density at radius 2 is 1.75 bits per heavy atom. The Morgan fingerprint density at radius 1 is 1.25 bits per heavy atom. The van der Waals surface area contributed by atoms with Crippen LogP contribution in [0.5, 0.6) is 0 Å². The molecule has 1 rings (SSSR count). The first kappa shape index (κ1) is 16.5. The minimum Gasteiger partial charge on any atom is -0.398 e. The van der Waals surface area contributed by atoms with E-state index in [2.05, 4.69) is 0 Å². The normalized spacial score (nSPS) is 12.1. The number of primary amides is 1. The molecule has 0 aliphatic rings. The standard InChI is InChI=1S/C13H21N3O3S/c1-8(2)16(7-13(15)17)20(18,19)12-6-10(4)9(3)5-11(12)14/h5-6,8H,7,14H2,1-4H3,(H2,15,17). The second-order valence-electron chi connectivity index (χ2n) is 5.08. The Bertz CT molecular complexity index is 624. The number of benzene rings is 1. The molecule has 1 aromatic rings. The van der Waals surface area contributed by atoms with Crippen molar-refractivity contribution in [3.63, 3.8) is 0 Å². The molecule has 0 aliphatic carbocycles. The van der Waals surface area contributed by atoms with Gasteiger partial charge in [0.15, 0.2) is 0 Å². The molecule has 0 atom stereocenters. The van der Waals surface area contributed by atoms with Crippen LogP contribution in [0, 0.1) is 13.8 Å². The lowest BCUT2D eigenvalue weighted by Crippen LogP contribution is -2.42. The molecule has 0 radical (unpaired) electrons. The maximum Gasteiger partial charge on any atom is 0.245 e. The predicted octanol–water partition coefficient (Wildman–Crippen LogP) is 0.770. The van der Waals surface area contributed by atoms with Gasteiger partial charge in [-0.1, -0.05) is 0 Å². The minimum absolute atomic E-state index is 0.00977. The lowest BCUT2D eigenvalue weighted by atomic mass is 10.1. The van der Waals surface area contributed by atoms with Crippen molar-refractivity contribution in [2.24, 2.45) is 5.73 Å². The van der Waals surface area contributed by atoms with Crippen LogP contribution in [0.3, 0.4) is 0 Å². The summed E-state index contributed by atoms with van der Waals surface area (Å²) in [5, 5.41) is 0. The third-order valence-electron chi connectivity index (χ3n) is 3.10. The molecule has 1 aromatic carbocycles. The summed E-state index contributed by atoms with van der Waals surface area (Å²) in [4.78, 5) is 11.1. The third-order valence-corrected chi connectivity index (χ3v) is 5.18. The molecular weight excluding hydrogens is 278 g/mol. The van der Waals surface area contributed by atoms with Gasteiger partial charge in [0.1, 0.15) is 4.90 Å². The highest BCUT2D eigenvalue weighted by atomic mass is 32.2. The number of carbonyl (C=O) groups is 1. The quantitative estimate of drug-likeness (QED) is 0.783. The van der Waals surface area contributed by atoms with E-state index in [1.54, 1.807) is 19.9 Å². The lowest BCUT2D eigenvalue weighted by Gasteiger charge is -2.25. The molecule has 0 fully saturated rings. The summed E-state index contributed by atoms with van der Waals surface area (Å²) in [6.45, 7) is 6.65. The molecule has 4 N–H and O–H groups in total. The number of carbonyl (C=O) groups excluding carboxylic acids is 1. The fourth-order valence-electron chi connectivity index (χ4n) is 1.86. The number of nitrogens with two attached hydrogens (primary N) is 2. The van der Waals surface area contributed by atoms with Crippen molar-refractivity contribution >= 4 is 21.6 Å². The molecule has 0 spiro atoms. The van der Waals surface area contributed by atoms with Gasteiger partial charge in [0.05, 0.1) is 12.2 Å². The fourth-order valence-corrected chi connectivity index (χ4v) is 3.65. The Morgan fingerprint density at radius 3 is 2.20 bits per heavy atom. The van der Waals surface area contributed by atoms with Crippen LogP contribution in [-0.2, 0) is 14.8 Å². The average molecular weight is 299 g/mol. The van der Waals surface area contributed by atoms with E-state index in [-0.39, 0.29) is 17.1 Å². The highest BCUT2D eigenvalue weighted by Gasteiger charge is 2.30. The van der Waals surface area contributed by atoms with Gasteiger partial charge in [-0.2, -0.15) is 4.31 Å². The highest BCUT2D eigenvalue weighted by molar-refractivity contribution is 7.89. The molecular formula is C13H21N3O3S. The predicted molar refractivity (Wildman–Crippen MR) is 78.6 cm³/mol. The van der Waals surface area contributed by atoms with E-state index in [0.717, 1.165) is 15.4 Å². The summed E-state index contributed by atoms with van der Waals surface area (Å²) in [6.07, 6.45) is 0. The van der Waals surface area contributed by atoms with Crippen LogP contribution < -0.4 is 11.5 Å². The third kappa shape index (κ3) is 3.29. The summed E-state index contributed by atoms with van der Waals surface area (Å²) in [5.41, 5.74) is 12.8. The van der Waals surface area contributed by atoms with E-state index in [1.165, 1.54) is 6.07 Å². The Labute approximate surface area is 119 Å². The Kier molecular flexibility index (Phi) is 4.77. The van der Waals surface area contributed by atoms with Crippen molar-refractivity contribution in [3.05, 3.63) is 23.3 Å². The van der Waals surface area contributed by atoms with Crippen LogP contribution in [0.25, 0.3) is 0 Å². The Balaban J connectivity index is 3.41. The van der Waals surface area contributed by atoms with Gasteiger partial charge in [-0.05, 0) is 51.0 Å². The lowest BCUT2D eigenvalue weighted by molar-refractivity contribution is -0.118. The van der Waals surface area contributed by atoms with Gasteiger partial charge in [-0.15, -0.1) is 0 Å². The van der Waals surface area contributed by atoms with Crippen LogP contribution in [0.15, 0.2) is 17.0 Å². The van der Waals surface area contributed by atoms with E-state index < -0.39 is 22.0 Å². The minimum atomic E-state index is -3.86. The van der Waals surface area contributed by atoms with Gasteiger partial charge in [-0.3, -0.25) is 4.79 Å². The topological polar surface area (TPSA) is 106 Å². The number of nitrogen functional groups attached to an aromatic ring is 1. The largest absolute Gasteiger partial charge is 0.398 e. The zero-order valence-corrected chi connectivity index (χ0v) is 13.0. The van der Waals surface area contributed by atoms with E-state index in [9.17, 15) is 13.2 Å². The maximum atomic E-state index is 12.6. The summed E-state index contributed by atoms with van der Waals surface area (Å²) in [6, 6.07) is 2.75. The van der Waals surface area contributed by atoms with Gasteiger partial charge in [-0.25, -0.2) is 8.42 Å². The van der Waals surface area contributed by atoms with Crippen LogP contribution >= 0.6 is 0 Å². The monoisotopic (exact) mass is 299 g/mol. The Hall–Kier alpha value is -1.60. The van der Waals surface area contributed by atoms with Crippen molar-refractivity contribution in [2.45, 2.75) is 38.6 Å². The van der Waals surface area contributed by atoms with Crippen LogP contribution in [-0.4, -0.2) is 31.2 Å². The van der Waals surface area contributed by atoms with Gasteiger partial charge in [0.2, 0.25) is 15.9 Å². The van der Waals surface area contributed by atoms with E-state index in [0.29, 0.717) is 0 Å². The molecule has 7 heteroatoms. The molecule has 0 heterocycles. The second-order valence-corrected chi connectivity index (χ2v) is 6.94. The summed E-state index contributed by atoms with van der Waals surface area (Å²) in [5.74, 6) is -0.704. The average Bonchev–Trinajstić information content (AvgIpc) is 2.29. The molecule has 0 aromatic heterocycles. The zero-order chi connectivity index (χ0) is 15.7. The number of amides is 1. The first-order chi connectivity index (χ1) is 9.07. The van der Waals surface area contributed by atoms with E-state index in [4.69, 9.17) is 11.5 Å². The molecule has 112 valence electrons. The van der Waals surface area contributed by atoms with Gasteiger partial charge >= 0.3 is 0 Å². The van der Waals surface area contributed by atoms with Crippen LogP contribution in [0.2, 0.25) is 0 Å². The summed E-state index contributed by atoms with van der Waals surface area (Å²) < 4.78 is 26.3. The molecule has 0 saturated carbocycles. The van der Waals surface area contributed by atoms with Crippen molar-refractivity contribution in [2.75, 3.05) is 12.3 Å². The number of anilines is 1. The number of rotatable bonds is 5. The second kappa shape index (κ2) is 5.80. The van der Waals surface area contributed by atoms with E-state index in [1.807, 2.05) is 13.8 Å². The van der Waals surface area contributed by atoms with E-state index >= 15 is 0 Å². The number of hydrogen-bond acceptors (Lipinski definition) is 4. The first-order valence-electron chi connectivity index (χ1n) is 6.24. The maximum absolute atomic E-state index is 12.6. The summed E-state index contributed by atoms with van der Waals surface area (Å²) >= 11 is 0. The van der Waals surface area contributed by atoms with Crippen molar-refractivity contribution in [1.29, 1.82) is 0 Å². The molecule has 0 saturated heterocycles. The van der Waals surface area contributed by atoms with Crippen molar-refractivity contribution in [1.82, 2.24) is 4.31 Å². The van der Waals surface area contributed by atoms with Crippen LogP contribution in [0.4, 0.5) is 5.69 Å². The zero-order valence-electron chi connectivity index (χ0n) is 12.2. The molecule has 0 aliphatic heterocycles. The number of aryl methyl sites for hydroxylation is 2. The number of hydrogen-bond donors (Lipinski definition) is 2. The van der Waals surface area contributed by atoms with Crippen molar-refractivity contribution < 1.29 is 13.2 Å². The SMILES string of the molecule is Cc1cc(N)c(S(=O)(=O)N(CC(N)=O)C(C)C)cc1C.